The number of fused-ring (bicyclic) bond motifs is 5. The highest BCUT2D eigenvalue weighted by molar-refractivity contribution is 6.06. The van der Waals surface area contributed by atoms with E-state index in [9.17, 15) is 14.4 Å². The van der Waals surface area contributed by atoms with Crippen molar-refractivity contribution in [2.24, 2.45) is 29.6 Å². The van der Waals surface area contributed by atoms with Crippen LogP contribution < -0.4 is 0 Å². The summed E-state index contributed by atoms with van der Waals surface area (Å²) in [5.41, 5.74) is 0. The monoisotopic (exact) mass is 358 g/mol. The molecule has 0 spiro atoms. The molecule has 6 heteroatoms. The first kappa shape index (κ1) is 15.6. The number of hydrogen-bond donors (Lipinski definition) is 0. The molecule has 6 atom stereocenters. The molecule has 140 valence electrons. The van der Waals surface area contributed by atoms with Gasteiger partial charge in [-0.3, -0.25) is 19.3 Å². The van der Waals surface area contributed by atoms with Crippen molar-refractivity contribution >= 4 is 17.7 Å². The van der Waals surface area contributed by atoms with Crippen LogP contribution in [0.4, 0.5) is 0 Å². The van der Waals surface area contributed by atoms with Crippen LogP contribution in [-0.4, -0.2) is 58.9 Å². The van der Waals surface area contributed by atoms with Gasteiger partial charge in [-0.05, 0) is 50.4 Å². The van der Waals surface area contributed by atoms with E-state index >= 15 is 0 Å². The largest absolute Gasteiger partial charge is 0.373 e. The molecule has 3 amide bonds. The van der Waals surface area contributed by atoms with Crippen LogP contribution in [0.1, 0.15) is 44.9 Å². The van der Waals surface area contributed by atoms with Crippen LogP contribution in [0.15, 0.2) is 0 Å². The van der Waals surface area contributed by atoms with Gasteiger partial charge >= 0.3 is 0 Å². The highest BCUT2D eigenvalue weighted by atomic mass is 16.5. The summed E-state index contributed by atoms with van der Waals surface area (Å²) < 4.78 is 5.76. The summed E-state index contributed by atoms with van der Waals surface area (Å²) in [4.78, 5) is 41.6. The normalized spacial score (nSPS) is 43.8. The first-order valence-electron chi connectivity index (χ1n) is 10.4. The van der Waals surface area contributed by atoms with E-state index in [4.69, 9.17) is 4.74 Å². The zero-order valence-electron chi connectivity index (χ0n) is 15.0. The Bertz CT molecular complexity index is 657. The van der Waals surface area contributed by atoms with Gasteiger partial charge in [0.2, 0.25) is 17.7 Å². The molecule has 6 rings (SSSR count). The highest BCUT2D eigenvalue weighted by Crippen LogP contribution is 2.52. The standard InChI is InChI=1S/C20H26N2O4/c23-15(22-9-12(10-1-2-10)18(22)11-3-4-11)7-8-21-19(24)16-13-5-6-14(26-13)17(16)20(21)25/h10-14,16-18H,1-9H2. The molecule has 0 aromatic heterocycles. The molecule has 4 aliphatic heterocycles. The van der Waals surface area contributed by atoms with Crippen LogP contribution in [0.3, 0.4) is 0 Å². The van der Waals surface area contributed by atoms with Crippen molar-refractivity contribution in [1.29, 1.82) is 0 Å². The van der Waals surface area contributed by atoms with Crippen LogP contribution in [0, 0.1) is 29.6 Å². The summed E-state index contributed by atoms with van der Waals surface area (Å²) in [7, 11) is 0. The molecule has 0 aromatic rings. The SMILES string of the molecule is O=C1C2C3CCC(O3)C2C(=O)N1CCC(=O)N1CC(C2CC2)C1C1CC1. The second-order valence-electron chi connectivity index (χ2n) is 9.30. The van der Waals surface area contributed by atoms with Crippen molar-refractivity contribution in [3.8, 4) is 0 Å². The molecule has 4 saturated heterocycles. The van der Waals surface area contributed by atoms with Crippen LogP contribution in [0.2, 0.25) is 0 Å². The Morgan fingerprint density at radius 2 is 1.54 bits per heavy atom. The van der Waals surface area contributed by atoms with E-state index in [0.717, 1.165) is 25.3 Å². The van der Waals surface area contributed by atoms with E-state index in [1.54, 1.807) is 0 Å². The number of rotatable bonds is 5. The lowest BCUT2D eigenvalue weighted by molar-refractivity contribution is -0.148. The van der Waals surface area contributed by atoms with Gasteiger partial charge in [0, 0.05) is 31.5 Å². The van der Waals surface area contributed by atoms with Crippen molar-refractivity contribution < 1.29 is 19.1 Å². The minimum Gasteiger partial charge on any atom is -0.373 e. The van der Waals surface area contributed by atoms with Gasteiger partial charge in [-0.2, -0.15) is 0 Å². The molecule has 6 unspecified atom stereocenters. The Kier molecular flexibility index (Phi) is 3.19. The first-order valence-corrected chi connectivity index (χ1v) is 10.4. The topological polar surface area (TPSA) is 66.9 Å². The molecule has 0 N–H and O–H groups in total. The summed E-state index contributed by atoms with van der Waals surface area (Å²) in [6.07, 6.45) is 7.09. The van der Waals surface area contributed by atoms with Crippen LogP contribution >= 0.6 is 0 Å². The summed E-state index contributed by atoms with van der Waals surface area (Å²) in [6, 6.07) is 0.448. The van der Waals surface area contributed by atoms with Crippen molar-refractivity contribution in [1.82, 2.24) is 9.80 Å². The summed E-state index contributed by atoms with van der Waals surface area (Å²) in [5, 5.41) is 0. The fraction of sp³-hybridized carbons (Fsp3) is 0.850. The fourth-order valence-electron chi connectivity index (χ4n) is 6.16. The van der Waals surface area contributed by atoms with E-state index in [0.29, 0.717) is 17.9 Å². The number of ether oxygens (including phenoxy) is 1. The number of carbonyl (C=O) groups is 3. The second kappa shape index (κ2) is 5.31. The fourth-order valence-corrected chi connectivity index (χ4v) is 6.16. The summed E-state index contributed by atoms with van der Waals surface area (Å²) >= 11 is 0. The van der Waals surface area contributed by atoms with Gasteiger partial charge < -0.3 is 9.64 Å². The predicted molar refractivity (Wildman–Crippen MR) is 90.7 cm³/mol. The molecule has 26 heavy (non-hydrogen) atoms. The van der Waals surface area contributed by atoms with Crippen molar-refractivity contribution in [2.75, 3.05) is 13.1 Å². The number of imide groups is 1. The molecule has 2 bridgehead atoms. The number of amides is 3. The summed E-state index contributed by atoms with van der Waals surface area (Å²) in [6.45, 7) is 1.15. The quantitative estimate of drug-likeness (QED) is 0.693. The Morgan fingerprint density at radius 1 is 0.923 bits per heavy atom. The molecular weight excluding hydrogens is 332 g/mol. The van der Waals surface area contributed by atoms with Gasteiger partial charge in [-0.25, -0.2) is 0 Å². The number of nitrogens with zero attached hydrogens (tertiary/aromatic N) is 2. The minimum absolute atomic E-state index is 0.0731. The Balaban J connectivity index is 1.10. The zero-order chi connectivity index (χ0) is 17.6. The van der Waals surface area contributed by atoms with Gasteiger partial charge in [0.15, 0.2) is 0 Å². The van der Waals surface area contributed by atoms with Gasteiger partial charge in [-0.15, -0.1) is 0 Å². The van der Waals surface area contributed by atoms with Crippen molar-refractivity contribution in [2.45, 2.75) is 63.2 Å². The average molecular weight is 358 g/mol. The molecule has 6 fully saturated rings. The van der Waals surface area contributed by atoms with Crippen LogP contribution in [0.5, 0.6) is 0 Å². The van der Waals surface area contributed by atoms with E-state index in [-0.39, 0.29) is 54.7 Å². The smallest absolute Gasteiger partial charge is 0.235 e. The maximum atomic E-state index is 12.8. The van der Waals surface area contributed by atoms with E-state index in [1.165, 1.54) is 30.6 Å². The molecule has 0 aromatic carbocycles. The van der Waals surface area contributed by atoms with Crippen molar-refractivity contribution in [3.63, 3.8) is 0 Å². The molecule has 4 heterocycles. The average Bonchev–Trinajstić information content (AvgIpc) is 3.51. The lowest BCUT2D eigenvalue weighted by Crippen LogP contribution is -2.60. The molecule has 2 saturated carbocycles. The van der Waals surface area contributed by atoms with Crippen LogP contribution in [-0.2, 0) is 19.1 Å². The predicted octanol–water partition coefficient (Wildman–Crippen LogP) is 1.19. The zero-order valence-corrected chi connectivity index (χ0v) is 15.0. The molecule has 0 radical (unpaired) electrons. The third kappa shape index (κ3) is 2.11. The first-order chi connectivity index (χ1) is 12.6. The lowest BCUT2D eigenvalue weighted by Gasteiger charge is -2.49. The molecule has 6 nitrogen and oxygen atoms in total. The molecular formula is C20H26N2O4. The second-order valence-corrected chi connectivity index (χ2v) is 9.30. The third-order valence-corrected chi connectivity index (χ3v) is 7.78. The Hall–Kier alpha value is -1.43. The van der Waals surface area contributed by atoms with Gasteiger partial charge in [0.1, 0.15) is 0 Å². The van der Waals surface area contributed by atoms with Gasteiger partial charge in [0.25, 0.3) is 0 Å². The Labute approximate surface area is 153 Å². The van der Waals surface area contributed by atoms with E-state index in [1.807, 2.05) is 0 Å². The van der Waals surface area contributed by atoms with Crippen LogP contribution in [0.25, 0.3) is 0 Å². The minimum atomic E-state index is -0.279. The van der Waals surface area contributed by atoms with Gasteiger partial charge in [-0.1, -0.05) is 0 Å². The van der Waals surface area contributed by atoms with Crippen molar-refractivity contribution in [3.05, 3.63) is 0 Å². The maximum absolute atomic E-state index is 12.8. The highest BCUT2D eigenvalue weighted by Gasteiger charge is 2.62. The molecule has 6 aliphatic rings. The lowest BCUT2D eigenvalue weighted by atomic mass is 9.81. The van der Waals surface area contributed by atoms with Gasteiger partial charge in [0.05, 0.1) is 24.0 Å². The Morgan fingerprint density at radius 3 is 2.12 bits per heavy atom. The molecule has 2 aliphatic carbocycles. The third-order valence-electron chi connectivity index (χ3n) is 7.78. The maximum Gasteiger partial charge on any atom is 0.235 e. The van der Waals surface area contributed by atoms with E-state index < -0.39 is 0 Å². The summed E-state index contributed by atoms with van der Waals surface area (Å²) in [5.74, 6) is 1.65. The van der Waals surface area contributed by atoms with E-state index in [2.05, 4.69) is 4.90 Å². The number of carbonyl (C=O) groups excluding carboxylic acids is 3. The number of hydrogen-bond acceptors (Lipinski definition) is 4. The number of likely N-dealkylation sites (tertiary alicyclic amines) is 2.